The Morgan fingerprint density at radius 3 is 2.58 bits per heavy atom. The zero-order chi connectivity index (χ0) is 14.2. The number of carboxylic acids is 1. The Morgan fingerprint density at radius 1 is 1.37 bits per heavy atom. The van der Waals surface area contributed by atoms with E-state index in [0.717, 1.165) is 18.5 Å². The molecule has 0 aliphatic rings. The summed E-state index contributed by atoms with van der Waals surface area (Å²) < 4.78 is 38.6. The maximum absolute atomic E-state index is 12.6. The number of aromatic nitrogens is 3. The lowest BCUT2D eigenvalue weighted by molar-refractivity contribution is -0.146. The average molecular weight is 292 g/mol. The molecule has 100 valence electrons. The molecule has 0 saturated heterocycles. The summed E-state index contributed by atoms with van der Waals surface area (Å²) in [7, 11) is 0. The lowest BCUT2D eigenvalue weighted by atomic mass is 10.2. The van der Waals surface area contributed by atoms with Crippen LogP contribution in [0.25, 0.3) is 5.69 Å². The Bertz CT molecular complexity index is 639. The van der Waals surface area contributed by atoms with Crippen LogP contribution in [0.1, 0.15) is 16.2 Å². The third kappa shape index (κ3) is 2.53. The van der Waals surface area contributed by atoms with E-state index in [1.165, 1.54) is 6.07 Å². The second-order valence-corrected chi connectivity index (χ2v) is 3.90. The van der Waals surface area contributed by atoms with E-state index in [0.29, 0.717) is 4.57 Å². The summed E-state index contributed by atoms with van der Waals surface area (Å²) >= 11 is 5.69. The molecule has 5 nitrogen and oxygen atoms in total. The van der Waals surface area contributed by atoms with Crippen LogP contribution in [0.4, 0.5) is 13.2 Å². The molecule has 0 unspecified atom stereocenters. The molecule has 0 atom stereocenters. The van der Waals surface area contributed by atoms with Gasteiger partial charge in [-0.3, -0.25) is 4.57 Å². The van der Waals surface area contributed by atoms with Gasteiger partial charge in [0, 0.05) is 0 Å². The Labute approximate surface area is 109 Å². The van der Waals surface area contributed by atoms with E-state index >= 15 is 0 Å². The highest BCUT2D eigenvalue weighted by Crippen LogP contribution is 2.30. The maximum Gasteiger partial charge on any atom is 0.452 e. The minimum atomic E-state index is -4.67. The Kier molecular flexibility index (Phi) is 3.19. The molecular weight excluding hydrogens is 287 g/mol. The zero-order valence-electron chi connectivity index (χ0n) is 9.02. The first-order valence-corrected chi connectivity index (χ1v) is 5.19. The molecule has 1 aromatic carbocycles. The first-order valence-electron chi connectivity index (χ1n) is 4.81. The van der Waals surface area contributed by atoms with Crippen molar-refractivity contribution >= 4 is 17.6 Å². The van der Waals surface area contributed by atoms with Crippen molar-refractivity contribution in [1.82, 2.24) is 14.8 Å². The molecule has 0 bridgehead atoms. The molecule has 0 spiro atoms. The van der Waals surface area contributed by atoms with Crippen LogP contribution in [0.2, 0.25) is 5.02 Å². The van der Waals surface area contributed by atoms with Crippen molar-refractivity contribution in [2.75, 3.05) is 0 Å². The van der Waals surface area contributed by atoms with E-state index in [2.05, 4.69) is 10.2 Å². The SMILES string of the molecule is O=C(O)c1ccc(-n2cnnc2C(F)(F)F)cc1Cl. The average Bonchev–Trinajstić information content (AvgIpc) is 2.76. The molecule has 1 aromatic heterocycles. The number of carbonyl (C=O) groups is 1. The van der Waals surface area contributed by atoms with Gasteiger partial charge in [0.1, 0.15) is 6.33 Å². The minimum absolute atomic E-state index is 0.0207. The smallest absolute Gasteiger partial charge is 0.452 e. The number of benzene rings is 1. The van der Waals surface area contributed by atoms with E-state index in [9.17, 15) is 18.0 Å². The fourth-order valence-corrected chi connectivity index (χ4v) is 1.70. The van der Waals surface area contributed by atoms with Crippen LogP contribution in [0.15, 0.2) is 24.5 Å². The van der Waals surface area contributed by atoms with Gasteiger partial charge < -0.3 is 5.11 Å². The highest BCUT2D eigenvalue weighted by Gasteiger charge is 2.37. The van der Waals surface area contributed by atoms with Crippen LogP contribution in [-0.2, 0) is 6.18 Å². The molecule has 19 heavy (non-hydrogen) atoms. The first kappa shape index (κ1) is 13.3. The van der Waals surface area contributed by atoms with Gasteiger partial charge in [-0.2, -0.15) is 13.2 Å². The number of aromatic carboxylic acids is 1. The summed E-state index contributed by atoms with van der Waals surface area (Å²) in [5.74, 6) is -2.48. The lowest BCUT2D eigenvalue weighted by Crippen LogP contribution is -2.13. The second kappa shape index (κ2) is 4.54. The van der Waals surface area contributed by atoms with Crippen LogP contribution < -0.4 is 0 Å². The van der Waals surface area contributed by atoms with Crippen LogP contribution in [-0.4, -0.2) is 25.8 Å². The normalized spacial score (nSPS) is 11.6. The summed E-state index contributed by atoms with van der Waals surface area (Å²) in [6.45, 7) is 0. The van der Waals surface area contributed by atoms with Crippen molar-refractivity contribution < 1.29 is 23.1 Å². The van der Waals surface area contributed by atoms with Gasteiger partial charge in [0.2, 0.25) is 5.82 Å². The van der Waals surface area contributed by atoms with Crippen LogP contribution in [0.3, 0.4) is 0 Å². The van der Waals surface area contributed by atoms with E-state index in [1.807, 2.05) is 0 Å². The number of carboxylic acid groups (broad SMARTS) is 1. The molecular formula is C10H5ClF3N3O2. The third-order valence-electron chi connectivity index (χ3n) is 2.26. The van der Waals surface area contributed by atoms with Gasteiger partial charge in [-0.1, -0.05) is 11.6 Å². The zero-order valence-corrected chi connectivity index (χ0v) is 9.77. The van der Waals surface area contributed by atoms with Crippen molar-refractivity contribution in [1.29, 1.82) is 0 Å². The second-order valence-electron chi connectivity index (χ2n) is 3.49. The fraction of sp³-hybridized carbons (Fsp3) is 0.100. The minimum Gasteiger partial charge on any atom is -0.478 e. The van der Waals surface area contributed by atoms with E-state index in [-0.39, 0.29) is 16.3 Å². The van der Waals surface area contributed by atoms with Crippen LogP contribution in [0.5, 0.6) is 0 Å². The highest BCUT2D eigenvalue weighted by atomic mass is 35.5. The molecule has 0 radical (unpaired) electrons. The number of alkyl halides is 3. The van der Waals surface area contributed by atoms with E-state index in [1.54, 1.807) is 0 Å². The first-order chi connectivity index (χ1) is 8.80. The molecule has 0 amide bonds. The van der Waals surface area contributed by atoms with Gasteiger partial charge in [-0.25, -0.2) is 4.79 Å². The van der Waals surface area contributed by atoms with Crippen molar-refractivity contribution in [3.63, 3.8) is 0 Å². The largest absolute Gasteiger partial charge is 0.478 e. The van der Waals surface area contributed by atoms with Gasteiger partial charge in [0.15, 0.2) is 0 Å². The Morgan fingerprint density at radius 2 is 2.05 bits per heavy atom. The molecule has 0 aliphatic heterocycles. The molecule has 2 rings (SSSR count). The molecule has 1 N–H and O–H groups in total. The molecule has 2 aromatic rings. The predicted octanol–water partition coefficient (Wildman–Crippen LogP) is 2.64. The Hall–Kier alpha value is -2.09. The van der Waals surface area contributed by atoms with Crippen molar-refractivity contribution in [3.05, 3.63) is 40.9 Å². The number of hydrogen-bond acceptors (Lipinski definition) is 3. The van der Waals surface area contributed by atoms with Crippen molar-refractivity contribution in [3.8, 4) is 5.69 Å². The third-order valence-corrected chi connectivity index (χ3v) is 2.58. The van der Waals surface area contributed by atoms with Crippen LogP contribution in [0, 0.1) is 0 Å². The topological polar surface area (TPSA) is 68.0 Å². The highest BCUT2D eigenvalue weighted by molar-refractivity contribution is 6.33. The monoisotopic (exact) mass is 291 g/mol. The van der Waals surface area contributed by atoms with Gasteiger partial charge >= 0.3 is 12.1 Å². The molecule has 0 fully saturated rings. The number of rotatable bonds is 2. The molecule has 0 saturated carbocycles. The number of hydrogen-bond donors (Lipinski definition) is 1. The molecule has 0 aliphatic carbocycles. The van der Waals surface area contributed by atoms with Crippen molar-refractivity contribution in [2.45, 2.75) is 6.18 Å². The Balaban J connectivity index is 2.52. The van der Waals surface area contributed by atoms with E-state index in [4.69, 9.17) is 16.7 Å². The van der Waals surface area contributed by atoms with Gasteiger partial charge in [-0.05, 0) is 18.2 Å². The van der Waals surface area contributed by atoms with E-state index < -0.39 is 18.0 Å². The summed E-state index contributed by atoms with van der Waals surface area (Å²) in [5.41, 5.74) is -0.181. The van der Waals surface area contributed by atoms with Gasteiger partial charge in [0.05, 0.1) is 16.3 Å². The van der Waals surface area contributed by atoms with Crippen LogP contribution >= 0.6 is 11.6 Å². The fourth-order valence-electron chi connectivity index (χ4n) is 1.44. The van der Waals surface area contributed by atoms with Gasteiger partial charge in [0.25, 0.3) is 0 Å². The molecule has 1 heterocycles. The number of halogens is 4. The summed E-state index contributed by atoms with van der Waals surface area (Å²) in [5, 5.41) is 14.8. The quantitative estimate of drug-likeness (QED) is 0.923. The van der Waals surface area contributed by atoms with Crippen molar-refractivity contribution in [2.24, 2.45) is 0 Å². The standard InChI is InChI=1S/C10H5ClF3N3O2/c11-7-3-5(1-2-6(7)8(18)19)17-4-15-16-9(17)10(12,13)14/h1-4H,(H,18,19). The number of nitrogens with zero attached hydrogens (tertiary/aromatic N) is 3. The van der Waals surface area contributed by atoms with Gasteiger partial charge in [-0.15, -0.1) is 10.2 Å². The summed E-state index contributed by atoms with van der Waals surface area (Å²) in [6.07, 6.45) is -3.80. The molecule has 9 heteroatoms. The predicted molar refractivity (Wildman–Crippen MR) is 58.3 cm³/mol. The lowest BCUT2D eigenvalue weighted by Gasteiger charge is -2.10. The summed E-state index contributed by atoms with van der Waals surface area (Å²) in [6, 6.07) is 3.40. The maximum atomic E-state index is 12.6. The summed E-state index contributed by atoms with van der Waals surface area (Å²) in [4.78, 5) is 10.7.